The summed E-state index contributed by atoms with van der Waals surface area (Å²) in [6, 6.07) is 5.32. The van der Waals surface area contributed by atoms with E-state index < -0.39 is 0 Å². The zero-order valence-electron chi connectivity index (χ0n) is 14.0. The number of aryl methyl sites for hydroxylation is 1. The van der Waals surface area contributed by atoms with E-state index in [1.165, 1.54) is 16.2 Å². The molecule has 0 fully saturated rings. The van der Waals surface area contributed by atoms with Crippen LogP contribution >= 0.6 is 11.3 Å². The number of nitrogens with zero attached hydrogens (tertiary/aromatic N) is 3. The van der Waals surface area contributed by atoms with Crippen molar-refractivity contribution in [3.05, 3.63) is 52.3 Å². The standard InChI is InChI=1S/C17H18N4O2S/c1-10-12(16(23)20(3)4)6-5-7-13(10)19-15(22)14-11(2)18-17-21(14)8-9-24-17/h5-9H,1-4H3,(H,19,22). The number of aromatic nitrogens is 2. The molecule has 2 heterocycles. The molecule has 124 valence electrons. The molecule has 1 N–H and O–H groups in total. The number of anilines is 1. The summed E-state index contributed by atoms with van der Waals surface area (Å²) >= 11 is 1.48. The van der Waals surface area contributed by atoms with Gasteiger partial charge in [0.1, 0.15) is 5.69 Å². The molecule has 3 aromatic rings. The molecule has 0 aliphatic carbocycles. The van der Waals surface area contributed by atoms with Gasteiger partial charge in [-0.15, -0.1) is 11.3 Å². The van der Waals surface area contributed by atoms with Crippen molar-refractivity contribution in [3.63, 3.8) is 0 Å². The predicted octanol–water partition coefficient (Wildman–Crippen LogP) is 2.97. The second kappa shape index (κ2) is 6.09. The maximum atomic E-state index is 12.7. The number of imidazole rings is 1. The maximum absolute atomic E-state index is 12.7. The van der Waals surface area contributed by atoms with E-state index in [1.54, 1.807) is 36.7 Å². The van der Waals surface area contributed by atoms with Gasteiger partial charge in [-0.25, -0.2) is 4.98 Å². The van der Waals surface area contributed by atoms with E-state index in [4.69, 9.17) is 0 Å². The molecular weight excluding hydrogens is 324 g/mol. The van der Waals surface area contributed by atoms with Crippen molar-refractivity contribution in [2.75, 3.05) is 19.4 Å². The van der Waals surface area contributed by atoms with Gasteiger partial charge in [0.25, 0.3) is 11.8 Å². The van der Waals surface area contributed by atoms with Crippen LogP contribution in [0.25, 0.3) is 4.96 Å². The molecule has 0 spiro atoms. The second-order valence-corrected chi connectivity index (χ2v) is 6.61. The molecule has 7 heteroatoms. The number of amides is 2. The number of hydrogen-bond donors (Lipinski definition) is 1. The highest BCUT2D eigenvalue weighted by Gasteiger charge is 2.19. The topological polar surface area (TPSA) is 66.7 Å². The van der Waals surface area contributed by atoms with E-state index in [0.717, 1.165) is 10.5 Å². The molecular formula is C17H18N4O2S. The fourth-order valence-electron chi connectivity index (χ4n) is 2.59. The van der Waals surface area contributed by atoms with Crippen molar-refractivity contribution in [3.8, 4) is 0 Å². The average Bonchev–Trinajstić information content (AvgIpc) is 3.08. The Morgan fingerprint density at radius 1 is 1.25 bits per heavy atom. The first-order chi connectivity index (χ1) is 11.4. The quantitative estimate of drug-likeness (QED) is 0.796. The normalized spacial score (nSPS) is 10.8. The van der Waals surface area contributed by atoms with E-state index in [2.05, 4.69) is 10.3 Å². The molecule has 0 saturated carbocycles. The van der Waals surface area contributed by atoms with Crippen LogP contribution in [0.3, 0.4) is 0 Å². The van der Waals surface area contributed by atoms with Crippen molar-refractivity contribution in [1.82, 2.24) is 14.3 Å². The van der Waals surface area contributed by atoms with Crippen molar-refractivity contribution in [1.29, 1.82) is 0 Å². The highest BCUT2D eigenvalue weighted by atomic mass is 32.1. The summed E-state index contributed by atoms with van der Waals surface area (Å²) < 4.78 is 1.78. The van der Waals surface area contributed by atoms with Crippen molar-refractivity contribution >= 4 is 33.8 Å². The molecule has 0 saturated heterocycles. The molecule has 0 radical (unpaired) electrons. The number of hydrogen-bond acceptors (Lipinski definition) is 4. The third-order valence-corrected chi connectivity index (χ3v) is 4.63. The van der Waals surface area contributed by atoms with Crippen LogP contribution in [0.1, 0.15) is 32.1 Å². The van der Waals surface area contributed by atoms with Crippen LogP contribution in [-0.2, 0) is 0 Å². The SMILES string of the molecule is Cc1nc2sccn2c1C(=O)Nc1cccc(C(=O)N(C)C)c1C. The largest absolute Gasteiger partial charge is 0.345 e. The van der Waals surface area contributed by atoms with E-state index in [1.807, 2.05) is 25.4 Å². The summed E-state index contributed by atoms with van der Waals surface area (Å²) in [6.45, 7) is 3.64. The smallest absolute Gasteiger partial charge is 0.274 e. The minimum atomic E-state index is -0.240. The highest BCUT2D eigenvalue weighted by molar-refractivity contribution is 7.15. The Hall–Kier alpha value is -2.67. The minimum Gasteiger partial charge on any atom is -0.345 e. The van der Waals surface area contributed by atoms with Gasteiger partial charge in [0, 0.05) is 36.9 Å². The van der Waals surface area contributed by atoms with Crippen LogP contribution in [0, 0.1) is 13.8 Å². The third kappa shape index (κ3) is 2.67. The van der Waals surface area contributed by atoms with Crippen LogP contribution in [-0.4, -0.2) is 40.2 Å². The van der Waals surface area contributed by atoms with Crippen molar-refractivity contribution in [2.45, 2.75) is 13.8 Å². The predicted molar refractivity (Wildman–Crippen MR) is 95.0 cm³/mol. The number of fused-ring (bicyclic) bond motifs is 1. The lowest BCUT2D eigenvalue weighted by molar-refractivity contribution is 0.0826. The maximum Gasteiger partial charge on any atom is 0.274 e. The molecule has 1 aromatic carbocycles. The van der Waals surface area contributed by atoms with Crippen LogP contribution in [0.2, 0.25) is 0 Å². The fourth-order valence-corrected chi connectivity index (χ4v) is 3.35. The summed E-state index contributed by atoms with van der Waals surface area (Å²) in [5.74, 6) is -0.333. The molecule has 6 nitrogen and oxygen atoms in total. The van der Waals surface area contributed by atoms with E-state index >= 15 is 0 Å². The minimum absolute atomic E-state index is 0.0932. The Morgan fingerprint density at radius 3 is 2.71 bits per heavy atom. The first kappa shape index (κ1) is 16.2. The van der Waals surface area contributed by atoms with E-state index in [-0.39, 0.29) is 11.8 Å². The van der Waals surface area contributed by atoms with Gasteiger partial charge in [-0.05, 0) is 31.5 Å². The lowest BCUT2D eigenvalue weighted by Gasteiger charge is -2.15. The number of thiazole rings is 1. The average molecular weight is 342 g/mol. The Balaban J connectivity index is 1.95. The fraction of sp³-hybridized carbons (Fsp3) is 0.235. The second-order valence-electron chi connectivity index (χ2n) is 5.73. The summed E-state index contributed by atoms with van der Waals surface area (Å²) in [7, 11) is 3.41. The van der Waals surface area contributed by atoms with Crippen LogP contribution in [0.5, 0.6) is 0 Å². The number of carbonyl (C=O) groups is 2. The van der Waals surface area contributed by atoms with Gasteiger partial charge in [-0.2, -0.15) is 0 Å². The van der Waals surface area contributed by atoms with Gasteiger partial charge < -0.3 is 10.2 Å². The van der Waals surface area contributed by atoms with Crippen LogP contribution in [0.4, 0.5) is 5.69 Å². The molecule has 0 unspecified atom stereocenters. The summed E-state index contributed by atoms with van der Waals surface area (Å²) in [4.78, 5) is 31.6. The monoisotopic (exact) mass is 342 g/mol. The van der Waals surface area contributed by atoms with Gasteiger partial charge in [-0.3, -0.25) is 14.0 Å². The summed E-state index contributed by atoms with van der Waals surface area (Å²) in [5.41, 5.74) is 3.13. The number of rotatable bonds is 3. The van der Waals surface area contributed by atoms with Crippen molar-refractivity contribution in [2.24, 2.45) is 0 Å². The van der Waals surface area contributed by atoms with Gasteiger partial charge in [0.2, 0.25) is 0 Å². The molecule has 3 rings (SSSR count). The molecule has 0 atom stereocenters. The Morgan fingerprint density at radius 2 is 2.00 bits per heavy atom. The summed E-state index contributed by atoms with van der Waals surface area (Å²) in [5, 5.41) is 4.79. The van der Waals surface area contributed by atoms with Gasteiger partial charge in [-0.1, -0.05) is 6.07 Å². The molecule has 0 aliphatic rings. The molecule has 2 amide bonds. The lowest BCUT2D eigenvalue weighted by Crippen LogP contribution is -2.23. The number of nitrogens with one attached hydrogen (secondary N) is 1. The number of benzene rings is 1. The van der Waals surface area contributed by atoms with Gasteiger partial charge in [0.05, 0.1) is 5.69 Å². The first-order valence-corrected chi connectivity index (χ1v) is 8.33. The Bertz CT molecular complexity index is 939. The van der Waals surface area contributed by atoms with Crippen LogP contribution in [0.15, 0.2) is 29.8 Å². The number of carbonyl (C=O) groups excluding carboxylic acids is 2. The van der Waals surface area contributed by atoms with E-state index in [9.17, 15) is 9.59 Å². The molecule has 24 heavy (non-hydrogen) atoms. The zero-order valence-corrected chi connectivity index (χ0v) is 14.8. The molecule has 0 aliphatic heterocycles. The Labute approximate surface area is 143 Å². The van der Waals surface area contributed by atoms with Crippen LogP contribution < -0.4 is 5.32 Å². The Kier molecular flexibility index (Phi) is 4.11. The molecule has 0 bridgehead atoms. The van der Waals surface area contributed by atoms with Gasteiger partial charge >= 0.3 is 0 Å². The first-order valence-electron chi connectivity index (χ1n) is 7.45. The van der Waals surface area contributed by atoms with Gasteiger partial charge in [0.15, 0.2) is 4.96 Å². The zero-order chi connectivity index (χ0) is 17.4. The van der Waals surface area contributed by atoms with Crippen molar-refractivity contribution < 1.29 is 9.59 Å². The third-order valence-electron chi connectivity index (χ3n) is 3.87. The highest BCUT2D eigenvalue weighted by Crippen LogP contribution is 2.22. The van der Waals surface area contributed by atoms with E-state index in [0.29, 0.717) is 22.6 Å². The lowest BCUT2D eigenvalue weighted by atomic mass is 10.1. The molecule has 2 aromatic heterocycles. The summed E-state index contributed by atoms with van der Waals surface area (Å²) in [6.07, 6.45) is 1.83.